The van der Waals surface area contributed by atoms with Gasteiger partial charge in [0.15, 0.2) is 0 Å². The van der Waals surface area contributed by atoms with Crippen LogP contribution in [0.15, 0.2) is 45.5 Å². The predicted octanol–water partition coefficient (Wildman–Crippen LogP) is 2.36. The second-order valence-corrected chi connectivity index (χ2v) is 7.66. The van der Waals surface area contributed by atoms with E-state index < -0.39 is 20.9 Å². The third kappa shape index (κ3) is 7.00. The summed E-state index contributed by atoms with van der Waals surface area (Å²) >= 11 is 0. The summed E-state index contributed by atoms with van der Waals surface area (Å²) in [5.74, 6) is 0.238. The largest absolute Gasteiger partial charge is 0.491 e. The third-order valence-corrected chi connectivity index (χ3v) is 4.66. The van der Waals surface area contributed by atoms with Gasteiger partial charge in [0.05, 0.1) is 13.2 Å². The van der Waals surface area contributed by atoms with Crippen molar-refractivity contribution in [3.05, 3.63) is 35.9 Å². The molecule has 4 N–H and O–H groups in total. The number of carbonyl (C=O) groups excluding carboxylic acids is 1. The van der Waals surface area contributed by atoms with Gasteiger partial charge in [0.25, 0.3) is 10.1 Å². The summed E-state index contributed by atoms with van der Waals surface area (Å²) in [5.41, 5.74) is 0.821. The summed E-state index contributed by atoms with van der Waals surface area (Å²) in [5, 5.41) is 28.3. The van der Waals surface area contributed by atoms with E-state index in [4.69, 9.17) is 19.7 Å². The van der Waals surface area contributed by atoms with E-state index in [1.807, 2.05) is 0 Å². The molecular weight excluding hydrogens is 430 g/mol. The Morgan fingerprint density at radius 1 is 1.00 bits per heavy atom. The minimum atomic E-state index is -4.67. The third-order valence-electron chi connectivity index (χ3n) is 3.78. The van der Waals surface area contributed by atoms with E-state index in [9.17, 15) is 17.8 Å². The van der Waals surface area contributed by atoms with Crippen molar-refractivity contribution in [1.29, 1.82) is 0 Å². The van der Waals surface area contributed by atoms with Gasteiger partial charge in [-0.3, -0.25) is 9.35 Å². The Morgan fingerprint density at radius 2 is 1.61 bits per heavy atom. The van der Waals surface area contributed by atoms with Crippen LogP contribution in [0.25, 0.3) is 0 Å². The SMILES string of the molecule is CC(=O)Nc1ccc(N=Nc2cc(OCCO)c(C)cc2OCCO)c(S(=O)(=O)O)c1. The fraction of sp³-hybridized carbons (Fsp3) is 0.316. The summed E-state index contributed by atoms with van der Waals surface area (Å²) in [6.07, 6.45) is 0. The van der Waals surface area contributed by atoms with Crippen LogP contribution in [-0.4, -0.2) is 55.5 Å². The lowest BCUT2D eigenvalue weighted by Crippen LogP contribution is -2.07. The number of benzene rings is 2. The lowest BCUT2D eigenvalue weighted by Gasteiger charge is -2.13. The number of nitrogens with one attached hydrogen (secondary N) is 1. The van der Waals surface area contributed by atoms with Gasteiger partial charge in [0.2, 0.25) is 5.91 Å². The summed E-state index contributed by atoms with van der Waals surface area (Å²) < 4.78 is 44.0. The van der Waals surface area contributed by atoms with Gasteiger partial charge < -0.3 is 25.0 Å². The van der Waals surface area contributed by atoms with Gasteiger partial charge >= 0.3 is 0 Å². The monoisotopic (exact) mass is 453 g/mol. The van der Waals surface area contributed by atoms with E-state index >= 15 is 0 Å². The highest BCUT2D eigenvalue weighted by Crippen LogP contribution is 2.37. The first-order valence-corrected chi connectivity index (χ1v) is 10.5. The van der Waals surface area contributed by atoms with Crippen LogP contribution in [0.2, 0.25) is 0 Å². The van der Waals surface area contributed by atoms with Crippen LogP contribution in [0.4, 0.5) is 17.1 Å². The molecule has 0 saturated heterocycles. The number of anilines is 1. The number of carbonyl (C=O) groups is 1. The molecule has 2 aromatic rings. The molecule has 0 aromatic heterocycles. The average molecular weight is 453 g/mol. The standard InChI is InChI=1S/C19H23N3O8S/c1-12-9-18(30-8-6-24)16(11-17(12)29-7-5-23)22-21-15-4-3-14(20-13(2)25)10-19(15)31(26,27)28/h3-4,9-11,23-24H,5-8H2,1-2H3,(H,20,25)(H,26,27,28). The molecule has 168 valence electrons. The lowest BCUT2D eigenvalue weighted by molar-refractivity contribution is -0.114. The molecule has 11 nitrogen and oxygen atoms in total. The normalized spacial score (nSPS) is 11.5. The zero-order chi connectivity index (χ0) is 23.0. The number of amides is 1. The Kier molecular flexibility index (Phi) is 8.45. The van der Waals surface area contributed by atoms with Gasteiger partial charge in [0.1, 0.15) is 41.0 Å². The fourth-order valence-electron chi connectivity index (χ4n) is 2.50. The maximum Gasteiger partial charge on any atom is 0.296 e. The van der Waals surface area contributed by atoms with Crippen LogP contribution in [0.5, 0.6) is 11.5 Å². The molecule has 31 heavy (non-hydrogen) atoms. The quantitative estimate of drug-likeness (QED) is 0.314. The van der Waals surface area contributed by atoms with Crippen molar-refractivity contribution in [2.75, 3.05) is 31.7 Å². The molecule has 0 spiro atoms. The molecule has 0 heterocycles. The van der Waals surface area contributed by atoms with E-state index in [1.165, 1.54) is 25.1 Å². The maximum atomic E-state index is 11.8. The average Bonchev–Trinajstić information content (AvgIpc) is 2.70. The van der Waals surface area contributed by atoms with Gasteiger partial charge in [-0.1, -0.05) is 0 Å². The Bertz CT molecular complexity index is 1070. The number of ether oxygens (including phenoxy) is 2. The smallest absolute Gasteiger partial charge is 0.296 e. The molecule has 0 aliphatic rings. The lowest BCUT2D eigenvalue weighted by atomic mass is 10.2. The number of aliphatic hydroxyl groups excluding tert-OH is 2. The van der Waals surface area contributed by atoms with Crippen LogP contribution in [0, 0.1) is 6.92 Å². The summed E-state index contributed by atoms with van der Waals surface area (Å²) in [7, 11) is -4.67. The number of aryl methyl sites for hydroxylation is 1. The zero-order valence-corrected chi connectivity index (χ0v) is 17.7. The molecule has 12 heteroatoms. The Hall–Kier alpha value is -3.06. The minimum Gasteiger partial charge on any atom is -0.491 e. The zero-order valence-electron chi connectivity index (χ0n) is 16.9. The molecule has 0 bridgehead atoms. The van der Waals surface area contributed by atoms with E-state index in [0.29, 0.717) is 11.3 Å². The van der Waals surface area contributed by atoms with Gasteiger partial charge in [0, 0.05) is 18.7 Å². The molecule has 0 atom stereocenters. The molecule has 0 saturated carbocycles. The molecule has 2 aromatic carbocycles. The van der Waals surface area contributed by atoms with Crippen molar-refractivity contribution in [2.24, 2.45) is 10.2 Å². The molecular formula is C19H23N3O8S. The van der Waals surface area contributed by atoms with E-state index in [0.717, 1.165) is 6.07 Å². The van der Waals surface area contributed by atoms with Crippen LogP contribution in [-0.2, 0) is 14.9 Å². The molecule has 0 radical (unpaired) electrons. The molecule has 0 unspecified atom stereocenters. The summed E-state index contributed by atoms with van der Waals surface area (Å²) in [4.78, 5) is 10.7. The highest BCUT2D eigenvalue weighted by atomic mass is 32.2. The second kappa shape index (κ2) is 10.8. The first-order valence-electron chi connectivity index (χ1n) is 9.08. The van der Waals surface area contributed by atoms with Crippen molar-refractivity contribution >= 4 is 33.1 Å². The fourth-order valence-corrected chi connectivity index (χ4v) is 3.15. The van der Waals surface area contributed by atoms with E-state index in [2.05, 4.69) is 15.5 Å². The maximum absolute atomic E-state index is 11.8. The summed E-state index contributed by atoms with van der Waals surface area (Å²) in [6, 6.07) is 6.81. The second-order valence-electron chi connectivity index (χ2n) is 6.27. The molecule has 0 aliphatic carbocycles. The van der Waals surface area contributed by atoms with Crippen LogP contribution >= 0.6 is 0 Å². The molecule has 1 amide bonds. The highest BCUT2D eigenvalue weighted by molar-refractivity contribution is 7.86. The van der Waals surface area contributed by atoms with Crippen molar-refractivity contribution in [1.82, 2.24) is 0 Å². The highest BCUT2D eigenvalue weighted by Gasteiger charge is 2.17. The van der Waals surface area contributed by atoms with Gasteiger partial charge in [-0.25, -0.2) is 0 Å². The van der Waals surface area contributed by atoms with E-state index in [-0.39, 0.29) is 49.2 Å². The van der Waals surface area contributed by atoms with Crippen LogP contribution < -0.4 is 14.8 Å². The summed E-state index contributed by atoms with van der Waals surface area (Å²) in [6.45, 7) is 2.60. The number of azo groups is 1. The van der Waals surface area contributed by atoms with Crippen molar-refractivity contribution < 1.29 is 37.5 Å². The van der Waals surface area contributed by atoms with E-state index in [1.54, 1.807) is 13.0 Å². The van der Waals surface area contributed by atoms with Gasteiger partial charge in [-0.15, -0.1) is 10.2 Å². The van der Waals surface area contributed by atoms with Crippen LogP contribution in [0.1, 0.15) is 12.5 Å². The number of hydrogen-bond donors (Lipinski definition) is 4. The Labute approximate surface area is 179 Å². The first-order chi connectivity index (χ1) is 14.7. The Morgan fingerprint density at radius 3 is 2.19 bits per heavy atom. The number of nitrogens with zero attached hydrogens (tertiary/aromatic N) is 2. The number of hydrogen-bond acceptors (Lipinski definition) is 9. The first kappa shape index (κ1) is 24.2. The van der Waals surface area contributed by atoms with Gasteiger partial charge in [-0.2, -0.15) is 8.42 Å². The predicted molar refractivity (Wildman–Crippen MR) is 111 cm³/mol. The number of rotatable bonds is 10. The topological polar surface area (TPSA) is 167 Å². The van der Waals surface area contributed by atoms with Crippen molar-refractivity contribution in [2.45, 2.75) is 18.7 Å². The molecule has 0 aliphatic heterocycles. The molecule has 0 fully saturated rings. The van der Waals surface area contributed by atoms with Crippen molar-refractivity contribution in [3.8, 4) is 11.5 Å². The molecule has 2 rings (SSSR count). The van der Waals surface area contributed by atoms with Crippen LogP contribution in [0.3, 0.4) is 0 Å². The minimum absolute atomic E-state index is 0.0134. The van der Waals surface area contributed by atoms with Crippen molar-refractivity contribution in [3.63, 3.8) is 0 Å². The van der Waals surface area contributed by atoms with Gasteiger partial charge in [-0.05, 0) is 36.8 Å². The number of aliphatic hydroxyl groups is 2. The Balaban J connectivity index is 2.50.